The Morgan fingerprint density at radius 3 is 2.44 bits per heavy atom. The van der Waals surface area contributed by atoms with Crippen molar-refractivity contribution in [3.63, 3.8) is 0 Å². The SMILES string of the molecule is COC(=O)[C@H](Cc1ccccc1)NC(=O)CSc1nc(N)cc(N)n1. The molecule has 1 amide bonds. The van der Waals surface area contributed by atoms with E-state index in [2.05, 4.69) is 15.3 Å². The molecule has 0 saturated carbocycles. The molecule has 5 N–H and O–H groups in total. The van der Waals surface area contributed by atoms with Gasteiger partial charge in [0, 0.05) is 12.5 Å². The van der Waals surface area contributed by atoms with Crippen LogP contribution in [0.3, 0.4) is 0 Å². The van der Waals surface area contributed by atoms with Gasteiger partial charge in [-0.3, -0.25) is 4.79 Å². The number of anilines is 2. The lowest BCUT2D eigenvalue weighted by atomic mass is 10.1. The highest BCUT2D eigenvalue weighted by Gasteiger charge is 2.22. The molecule has 0 fully saturated rings. The number of thioether (sulfide) groups is 1. The Morgan fingerprint density at radius 1 is 1.20 bits per heavy atom. The second-order valence-corrected chi connectivity index (χ2v) is 6.06. The largest absolute Gasteiger partial charge is 0.467 e. The van der Waals surface area contributed by atoms with Crippen molar-refractivity contribution >= 4 is 35.3 Å². The average molecular weight is 361 g/mol. The number of aromatic nitrogens is 2. The highest BCUT2D eigenvalue weighted by molar-refractivity contribution is 7.99. The predicted molar refractivity (Wildman–Crippen MR) is 95.7 cm³/mol. The van der Waals surface area contributed by atoms with Gasteiger partial charge in [-0.25, -0.2) is 14.8 Å². The molecule has 1 aromatic heterocycles. The van der Waals surface area contributed by atoms with Gasteiger partial charge in [-0.2, -0.15) is 0 Å². The Hall–Kier alpha value is -2.81. The van der Waals surface area contributed by atoms with E-state index >= 15 is 0 Å². The van der Waals surface area contributed by atoms with Gasteiger partial charge in [0.1, 0.15) is 17.7 Å². The zero-order valence-electron chi connectivity index (χ0n) is 13.6. The van der Waals surface area contributed by atoms with Gasteiger partial charge in [0.05, 0.1) is 12.9 Å². The Kier molecular flexibility index (Phi) is 6.58. The molecule has 2 aromatic rings. The van der Waals surface area contributed by atoms with Crippen LogP contribution in [0.1, 0.15) is 5.56 Å². The number of methoxy groups -OCH3 is 1. The number of nitrogens with zero attached hydrogens (tertiary/aromatic N) is 2. The second kappa shape index (κ2) is 8.88. The van der Waals surface area contributed by atoms with Gasteiger partial charge in [-0.15, -0.1) is 0 Å². The van der Waals surface area contributed by atoms with Crippen molar-refractivity contribution in [1.82, 2.24) is 15.3 Å². The number of benzene rings is 1. The molecule has 0 bridgehead atoms. The molecule has 0 aliphatic heterocycles. The standard InChI is InChI=1S/C16H19N5O3S/c1-24-15(23)11(7-10-5-3-2-4-6-10)19-14(22)9-25-16-20-12(17)8-13(18)21-16/h2-6,8,11H,7,9H2,1H3,(H,19,22)(H4,17,18,20,21)/t11-/m0/s1. The van der Waals surface area contributed by atoms with Crippen molar-refractivity contribution in [3.05, 3.63) is 42.0 Å². The van der Waals surface area contributed by atoms with E-state index in [-0.39, 0.29) is 23.3 Å². The summed E-state index contributed by atoms with van der Waals surface area (Å²) in [5.41, 5.74) is 12.1. The smallest absolute Gasteiger partial charge is 0.328 e. The summed E-state index contributed by atoms with van der Waals surface area (Å²) in [5.74, 6) is -0.378. The van der Waals surface area contributed by atoms with Crippen LogP contribution < -0.4 is 16.8 Å². The molecule has 8 nitrogen and oxygen atoms in total. The van der Waals surface area contributed by atoms with E-state index in [0.29, 0.717) is 11.6 Å². The number of carbonyl (C=O) groups is 2. The molecule has 9 heteroatoms. The monoisotopic (exact) mass is 361 g/mol. The van der Waals surface area contributed by atoms with Gasteiger partial charge in [-0.05, 0) is 5.56 Å². The van der Waals surface area contributed by atoms with Crippen LogP contribution in [0.5, 0.6) is 0 Å². The van der Waals surface area contributed by atoms with E-state index in [9.17, 15) is 9.59 Å². The van der Waals surface area contributed by atoms with Crippen LogP contribution in [-0.4, -0.2) is 40.7 Å². The average Bonchev–Trinajstić information content (AvgIpc) is 2.59. The summed E-state index contributed by atoms with van der Waals surface area (Å²) in [6.07, 6.45) is 0.339. The molecule has 0 unspecified atom stereocenters. The van der Waals surface area contributed by atoms with Gasteiger partial charge in [0.2, 0.25) is 5.91 Å². The topological polar surface area (TPSA) is 133 Å². The lowest BCUT2D eigenvalue weighted by Gasteiger charge is -2.16. The van der Waals surface area contributed by atoms with Crippen molar-refractivity contribution in [3.8, 4) is 0 Å². The number of rotatable bonds is 7. The molecule has 0 spiro atoms. The number of nitrogens with one attached hydrogen (secondary N) is 1. The number of esters is 1. The highest BCUT2D eigenvalue weighted by Crippen LogP contribution is 2.16. The maximum atomic E-state index is 12.1. The third-order valence-corrected chi connectivity index (χ3v) is 4.03. The van der Waals surface area contributed by atoms with Crippen molar-refractivity contribution in [2.75, 3.05) is 24.3 Å². The Morgan fingerprint density at radius 2 is 1.84 bits per heavy atom. The Balaban J connectivity index is 1.95. The van der Waals surface area contributed by atoms with Crippen LogP contribution >= 0.6 is 11.8 Å². The third kappa shape index (κ3) is 5.96. The first-order valence-electron chi connectivity index (χ1n) is 7.42. The maximum Gasteiger partial charge on any atom is 0.328 e. The van der Waals surface area contributed by atoms with Crippen molar-refractivity contribution < 1.29 is 14.3 Å². The number of amides is 1. The summed E-state index contributed by atoms with van der Waals surface area (Å²) in [7, 11) is 1.28. The first-order valence-corrected chi connectivity index (χ1v) is 8.40. The summed E-state index contributed by atoms with van der Waals surface area (Å²) in [4.78, 5) is 32.0. The normalized spacial score (nSPS) is 11.6. The Bertz CT molecular complexity index is 722. The van der Waals surface area contributed by atoms with Gasteiger partial charge >= 0.3 is 5.97 Å². The molecule has 0 saturated heterocycles. The van der Waals surface area contributed by atoms with Crippen LogP contribution in [0.15, 0.2) is 41.6 Å². The van der Waals surface area contributed by atoms with E-state index in [1.807, 2.05) is 30.3 Å². The molecule has 1 atom stereocenters. The number of nitrogen functional groups attached to an aromatic ring is 2. The molecule has 0 aliphatic rings. The van der Waals surface area contributed by atoms with Gasteiger partial charge in [0.15, 0.2) is 5.16 Å². The number of carbonyl (C=O) groups excluding carboxylic acids is 2. The van der Waals surface area contributed by atoms with Crippen molar-refractivity contribution in [1.29, 1.82) is 0 Å². The van der Waals surface area contributed by atoms with Crippen LogP contribution in [-0.2, 0) is 20.7 Å². The van der Waals surface area contributed by atoms with E-state index in [1.165, 1.54) is 13.2 Å². The first kappa shape index (κ1) is 18.5. The lowest BCUT2D eigenvalue weighted by molar-refractivity contribution is -0.144. The van der Waals surface area contributed by atoms with Crippen LogP contribution in [0, 0.1) is 0 Å². The first-order chi connectivity index (χ1) is 12.0. The summed E-state index contributed by atoms with van der Waals surface area (Å²) < 4.78 is 4.76. The zero-order chi connectivity index (χ0) is 18.2. The minimum atomic E-state index is -0.771. The summed E-state index contributed by atoms with van der Waals surface area (Å²) >= 11 is 1.08. The number of hydrogen-bond donors (Lipinski definition) is 3. The highest BCUT2D eigenvalue weighted by atomic mass is 32.2. The van der Waals surface area contributed by atoms with Crippen molar-refractivity contribution in [2.45, 2.75) is 17.6 Å². The van der Waals surface area contributed by atoms with Gasteiger partial charge in [0.25, 0.3) is 0 Å². The van der Waals surface area contributed by atoms with Gasteiger partial charge < -0.3 is 21.5 Å². The minimum Gasteiger partial charge on any atom is -0.467 e. The molecule has 0 radical (unpaired) electrons. The minimum absolute atomic E-state index is 0.0190. The van der Waals surface area contributed by atoms with Gasteiger partial charge in [-0.1, -0.05) is 42.1 Å². The third-order valence-electron chi connectivity index (χ3n) is 3.18. The van der Waals surface area contributed by atoms with Crippen LogP contribution in [0.2, 0.25) is 0 Å². The predicted octanol–water partition coefficient (Wildman–Crippen LogP) is 0.634. The number of ether oxygens (including phenoxy) is 1. The van der Waals surface area contributed by atoms with Crippen molar-refractivity contribution in [2.24, 2.45) is 0 Å². The van der Waals surface area contributed by atoms with E-state index in [4.69, 9.17) is 16.2 Å². The van der Waals surface area contributed by atoms with E-state index < -0.39 is 12.0 Å². The molecule has 1 heterocycles. The molecule has 0 aliphatic carbocycles. The number of nitrogens with two attached hydrogens (primary N) is 2. The number of hydrogen-bond acceptors (Lipinski definition) is 8. The summed E-state index contributed by atoms with van der Waals surface area (Å²) in [5, 5.41) is 2.96. The van der Waals surface area contributed by atoms with Crippen LogP contribution in [0.25, 0.3) is 0 Å². The van der Waals surface area contributed by atoms with Crippen LogP contribution in [0.4, 0.5) is 11.6 Å². The fraction of sp³-hybridized carbons (Fsp3) is 0.250. The fourth-order valence-corrected chi connectivity index (χ4v) is 2.76. The molecule has 132 valence electrons. The fourth-order valence-electron chi connectivity index (χ4n) is 2.08. The quantitative estimate of drug-likeness (QED) is 0.371. The summed E-state index contributed by atoms with van der Waals surface area (Å²) in [6, 6.07) is 10.0. The maximum absolute atomic E-state index is 12.1. The Labute approximate surface area is 149 Å². The molecule has 1 aromatic carbocycles. The lowest BCUT2D eigenvalue weighted by Crippen LogP contribution is -2.43. The zero-order valence-corrected chi connectivity index (χ0v) is 14.5. The van der Waals surface area contributed by atoms with E-state index in [0.717, 1.165) is 17.3 Å². The molecule has 25 heavy (non-hydrogen) atoms. The summed E-state index contributed by atoms with van der Waals surface area (Å²) in [6.45, 7) is 0. The molecular weight excluding hydrogens is 342 g/mol. The molecule has 2 rings (SSSR count). The van der Waals surface area contributed by atoms with E-state index in [1.54, 1.807) is 0 Å². The second-order valence-electron chi connectivity index (χ2n) is 5.12. The molecular formula is C16H19N5O3S.